The van der Waals surface area contributed by atoms with Crippen molar-refractivity contribution in [3.63, 3.8) is 0 Å². The summed E-state index contributed by atoms with van der Waals surface area (Å²) < 4.78 is 16.2. The second-order valence-electron chi connectivity index (χ2n) is 5.17. The third kappa shape index (κ3) is 2.61. The zero-order valence-electron chi connectivity index (χ0n) is 10.9. The van der Waals surface area contributed by atoms with Crippen LogP contribution in [0.1, 0.15) is 32.4 Å². The monoisotopic (exact) mass is 236 g/mol. The lowest BCUT2D eigenvalue weighted by molar-refractivity contribution is -0.172. The van der Waals surface area contributed by atoms with Crippen molar-refractivity contribution in [3.05, 3.63) is 29.8 Å². The lowest BCUT2D eigenvalue weighted by atomic mass is 9.79. The van der Waals surface area contributed by atoms with E-state index in [2.05, 4.69) is 26.0 Å². The third-order valence-electron chi connectivity index (χ3n) is 3.15. The van der Waals surface area contributed by atoms with Crippen LogP contribution in [0.5, 0.6) is 5.75 Å². The summed E-state index contributed by atoms with van der Waals surface area (Å²) in [4.78, 5) is 0. The molecule has 2 unspecified atom stereocenters. The second-order valence-corrected chi connectivity index (χ2v) is 5.17. The van der Waals surface area contributed by atoms with Gasteiger partial charge in [0.2, 0.25) is 0 Å². The summed E-state index contributed by atoms with van der Waals surface area (Å²) in [5.74, 6) is 0.820. The first kappa shape index (κ1) is 12.4. The maximum absolute atomic E-state index is 5.61. The Bertz CT molecular complexity index is 370. The van der Waals surface area contributed by atoms with E-state index in [0.29, 0.717) is 0 Å². The van der Waals surface area contributed by atoms with E-state index >= 15 is 0 Å². The summed E-state index contributed by atoms with van der Waals surface area (Å²) in [6, 6.07) is 8.04. The van der Waals surface area contributed by atoms with E-state index in [1.54, 1.807) is 7.11 Å². The van der Waals surface area contributed by atoms with Crippen LogP contribution in [0.3, 0.4) is 0 Å². The highest BCUT2D eigenvalue weighted by atomic mass is 16.7. The van der Waals surface area contributed by atoms with Crippen LogP contribution in [0.25, 0.3) is 0 Å². The minimum atomic E-state index is -0.225. The first-order valence-corrected chi connectivity index (χ1v) is 5.94. The standard InChI is InChI=1S/C14H20O3/c1-10(15-4)17-12-7-5-11(6-8-12)13-14(2,3)9-16-13/h5-8,10,13H,9H2,1-4H3. The van der Waals surface area contributed by atoms with Crippen molar-refractivity contribution in [3.8, 4) is 5.75 Å². The maximum atomic E-state index is 5.61. The molecular weight excluding hydrogens is 216 g/mol. The Hall–Kier alpha value is -1.06. The van der Waals surface area contributed by atoms with Crippen molar-refractivity contribution in [2.45, 2.75) is 33.2 Å². The largest absolute Gasteiger partial charge is 0.465 e. The van der Waals surface area contributed by atoms with Crippen molar-refractivity contribution in [1.29, 1.82) is 0 Å². The number of rotatable bonds is 4. The summed E-state index contributed by atoms with van der Waals surface area (Å²) >= 11 is 0. The Labute approximate surface area is 103 Å². The summed E-state index contributed by atoms with van der Waals surface area (Å²) in [6.07, 6.45) is -0.0198. The molecule has 1 aromatic carbocycles. The summed E-state index contributed by atoms with van der Waals surface area (Å²) in [7, 11) is 1.63. The van der Waals surface area contributed by atoms with Gasteiger partial charge in [-0.1, -0.05) is 26.0 Å². The molecule has 0 saturated carbocycles. The molecule has 1 aliphatic heterocycles. The predicted octanol–water partition coefficient (Wildman–Crippen LogP) is 3.16. The molecule has 3 nitrogen and oxygen atoms in total. The molecule has 94 valence electrons. The van der Waals surface area contributed by atoms with Crippen molar-refractivity contribution >= 4 is 0 Å². The number of ether oxygens (including phenoxy) is 3. The maximum Gasteiger partial charge on any atom is 0.196 e. The van der Waals surface area contributed by atoms with E-state index in [9.17, 15) is 0 Å². The van der Waals surface area contributed by atoms with E-state index in [0.717, 1.165) is 12.4 Å². The molecule has 0 aliphatic carbocycles. The molecule has 1 aliphatic rings. The first-order chi connectivity index (χ1) is 8.03. The van der Waals surface area contributed by atoms with Crippen LogP contribution in [-0.2, 0) is 9.47 Å². The smallest absolute Gasteiger partial charge is 0.196 e. The highest BCUT2D eigenvalue weighted by Gasteiger charge is 2.40. The molecule has 0 N–H and O–H groups in total. The zero-order chi connectivity index (χ0) is 12.5. The van der Waals surface area contributed by atoms with Crippen LogP contribution < -0.4 is 4.74 Å². The average Bonchev–Trinajstić information content (AvgIpc) is 2.30. The van der Waals surface area contributed by atoms with Gasteiger partial charge < -0.3 is 14.2 Å². The van der Waals surface area contributed by atoms with Crippen LogP contribution in [0.15, 0.2) is 24.3 Å². The first-order valence-electron chi connectivity index (χ1n) is 5.94. The van der Waals surface area contributed by atoms with E-state index in [1.807, 2.05) is 19.1 Å². The molecule has 0 radical (unpaired) electrons. The fourth-order valence-corrected chi connectivity index (χ4v) is 2.01. The second kappa shape index (κ2) is 4.67. The van der Waals surface area contributed by atoms with E-state index in [4.69, 9.17) is 14.2 Å². The highest BCUT2D eigenvalue weighted by Crippen LogP contribution is 2.45. The van der Waals surface area contributed by atoms with Crippen LogP contribution in [0.2, 0.25) is 0 Å². The molecule has 17 heavy (non-hydrogen) atoms. The lowest BCUT2D eigenvalue weighted by Gasteiger charge is -2.44. The van der Waals surface area contributed by atoms with Gasteiger partial charge in [0.1, 0.15) is 5.75 Å². The molecule has 1 saturated heterocycles. The molecule has 0 bridgehead atoms. The highest BCUT2D eigenvalue weighted by molar-refractivity contribution is 5.30. The van der Waals surface area contributed by atoms with Gasteiger partial charge in [0.05, 0.1) is 12.7 Å². The Morgan fingerprint density at radius 1 is 1.29 bits per heavy atom. The SMILES string of the molecule is COC(C)Oc1ccc(C2OCC2(C)C)cc1. The number of methoxy groups -OCH3 is 1. The lowest BCUT2D eigenvalue weighted by Crippen LogP contribution is -2.40. The Morgan fingerprint density at radius 2 is 1.94 bits per heavy atom. The topological polar surface area (TPSA) is 27.7 Å². The van der Waals surface area contributed by atoms with Crippen molar-refractivity contribution in [2.24, 2.45) is 5.41 Å². The van der Waals surface area contributed by atoms with E-state index < -0.39 is 0 Å². The van der Waals surface area contributed by atoms with Gasteiger partial charge in [-0.3, -0.25) is 0 Å². The van der Waals surface area contributed by atoms with Gasteiger partial charge in [0.25, 0.3) is 0 Å². The van der Waals surface area contributed by atoms with Gasteiger partial charge in [0, 0.05) is 12.5 Å². The van der Waals surface area contributed by atoms with Gasteiger partial charge >= 0.3 is 0 Å². The molecule has 1 fully saturated rings. The minimum absolute atomic E-state index is 0.205. The fraction of sp³-hybridized carbons (Fsp3) is 0.571. The Balaban J connectivity index is 2.03. The molecule has 0 aromatic heterocycles. The average molecular weight is 236 g/mol. The fourth-order valence-electron chi connectivity index (χ4n) is 2.01. The molecule has 1 aromatic rings. The van der Waals surface area contributed by atoms with Gasteiger partial charge in [-0.25, -0.2) is 0 Å². The summed E-state index contributed by atoms with van der Waals surface area (Å²) in [6.45, 7) is 7.14. The van der Waals surface area contributed by atoms with Crippen molar-refractivity contribution in [2.75, 3.05) is 13.7 Å². The summed E-state index contributed by atoms with van der Waals surface area (Å²) in [5, 5.41) is 0. The quantitative estimate of drug-likeness (QED) is 0.752. The van der Waals surface area contributed by atoms with Crippen molar-refractivity contribution < 1.29 is 14.2 Å². The van der Waals surface area contributed by atoms with Gasteiger partial charge in [-0.05, 0) is 24.6 Å². The van der Waals surface area contributed by atoms with Crippen molar-refractivity contribution in [1.82, 2.24) is 0 Å². The Kier molecular flexibility index (Phi) is 3.40. The molecular formula is C14H20O3. The van der Waals surface area contributed by atoms with Gasteiger partial charge in [0.15, 0.2) is 6.29 Å². The third-order valence-corrected chi connectivity index (χ3v) is 3.15. The van der Waals surface area contributed by atoms with E-state index in [1.165, 1.54) is 5.56 Å². The number of hydrogen-bond acceptors (Lipinski definition) is 3. The normalized spacial score (nSPS) is 23.9. The zero-order valence-corrected chi connectivity index (χ0v) is 10.9. The number of benzene rings is 1. The van der Waals surface area contributed by atoms with E-state index in [-0.39, 0.29) is 17.8 Å². The predicted molar refractivity (Wildman–Crippen MR) is 66.0 cm³/mol. The number of hydrogen-bond donors (Lipinski definition) is 0. The molecule has 2 atom stereocenters. The van der Waals surface area contributed by atoms with Gasteiger partial charge in [-0.2, -0.15) is 0 Å². The van der Waals surface area contributed by atoms with Crippen LogP contribution in [-0.4, -0.2) is 20.0 Å². The summed E-state index contributed by atoms with van der Waals surface area (Å²) in [5.41, 5.74) is 1.45. The molecule has 0 amide bonds. The molecule has 0 spiro atoms. The van der Waals surface area contributed by atoms with Gasteiger partial charge in [-0.15, -0.1) is 0 Å². The minimum Gasteiger partial charge on any atom is -0.465 e. The molecule has 3 heteroatoms. The van der Waals surface area contributed by atoms with Crippen LogP contribution in [0, 0.1) is 5.41 Å². The molecule has 1 heterocycles. The van der Waals surface area contributed by atoms with Crippen LogP contribution in [0.4, 0.5) is 0 Å². The molecule has 2 rings (SSSR count). The Morgan fingerprint density at radius 3 is 2.35 bits per heavy atom. The van der Waals surface area contributed by atoms with Crippen LogP contribution >= 0.6 is 0 Å².